The van der Waals surface area contributed by atoms with E-state index in [4.69, 9.17) is 0 Å². The summed E-state index contributed by atoms with van der Waals surface area (Å²) >= 11 is 0. The van der Waals surface area contributed by atoms with Crippen LogP contribution >= 0.6 is 0 Å². The minimum absolute atomic E-state index is 0.130. The molecule has 1 aliphatic carbocycles. The van der Waals surface area contributed by atoms with Gasteiger partial charge in [-0.3, -0.25) is 4.79 Å². The number of amides is 1. The van der Waals surface area contributed by atoms with E-state index in [2.05, 4.69) is 24.1 Å². The third-order valence-electron chi connectivity index (χ3n) is 4.72. The number of carbonyl (C=O) groups excluding carboxylic acids is 1. The molecule has 1 amide bonds. The molecule has 1 N–H and O–H groups in total. The van der Waals surface area contributed by atoms with Crippen LogP contribution in [0.3, 0.4) is 0 Å². The minimum atomic E-state index is 0.130. The highest BCUT2D eigenvalue weighted by atomic mass is 16.2. The number of hydrogen-bond acceptors (Lipinski definition) is 2. The molecule has 2 aliphatic rings. The lowest BCUT2D eigenvalue weighted by Crippen LogP contribution is -2.47. The van der Waals surface area contributed by atoms with Crippen molar-refractivity contribution in [2.24, 2.45) is 17.8 Å². The zero-order valence-electron chi connectivity index (χ0n) is 12.0. The summed E-state index contributed by atoms with van der Waals surface area (Å²) < 4.78 is 0. The van der Waals surface area contributed by atoms with Crippen LogP contribution in [0.5, 0.6) is 0 Å². The first-order chi connectivity index (χ1) is 8.72. The molecule has 0 bridgehead atoms. The topological polar surface area (TPSA) is 32.3 Å². The number of hydrogen-bond donors (Lipinski definition) is 1. The van der Waals surface area contributed by atoms with E-state index in [1.54, 1.807) is 0 Å². The van der Waals surface area contributed by atoms with Gasteiger partial charge in [0, 0.05) is 25.6 Å². The van der Waals surface area contributed by atoms with Crippen LogP contribution in [-0.4, -0.2) is 37.0 Å². The molecule has 2 rings (SSSR count). The van der Waals surface area contributed by atoms with Crippen LogP contribution in [0.2, 0.25) is 0 Å². The Morgan fingerprint density at radius 2 is 2.00 bits per heavy atom. The molecule has 1 saturated carbocycles. The van der Waals surface area contributed by atoms with Gasteiger partial charge in [0.1, 0.15) is 0 Å². The van der Waals surface area contributed by atoms with Crippen LogP contribution in [0, 0.1) is 17.8 Å². The molecule has 0 aromatic carbocycles. The number of nitrogens with zero attached hydrogens (tertiary/aromatic N) is 1. The largest absolute Gasteiger partial charge is 0.342 e. The Labute approximate surface area is 111 Å². The van der Waals surface area contributed by atoms with Crippen molar-refractivity contribution in [1.29, 1.82) is 0 Å². The number of carbonyl (C=O) groups is 1. The molecule has 1 aliphatic heterocycles. The summed E-state index contributed by atoms with van der Waals surface area (Å²) in [4.78, 5) is 14.5. The van der Waals surface area contributed by atoms with Crippen LogP contribution in [0.15, 0.2) is 0 Å². The zero-order chi connectivity index (χ0) is 13.0. The van der Waals surface area contributed by atoms with Gasteiger partial charge < -0.3 is 10.2 Å². The third kappa shape index (κ3) is 3.25. The number of nitrogens with one attached hydrogen (secondary N) is 1. The molecule has 104 valence electrons. The second kappa shape index (κ2) is 6.55. The first kappa shape index (κ1) is 13.9. The Morgan fingerprint density at radius 1 is 1.28 bits per heavy atom. The van der Waals surface area contributed by atoms with Crippen molar-refractivity contribution in [3.8, 4) is 0 Å². The van der Waals surface area contributed by atoms with Gasteiger partial charge in [-0.1, -0.05) is 33.1 Å². The van der Waals surface area contributed by atoms with Crippen LogP contribution in [0.1, 0.15) is 46.0 Å². The quantitative estimate of drug-likeness (QED) is 0.832. The average Bonchev–Trinajstić information content (AvgIpc) is 2.43. The molecule has 3 nitrogen and oxygen atoms in total. The standard InChI is InChI=1S/C15H28N2O/c1-3-16-10-12(2)15(18)17-9-8-13-6-4-5-7-14(13)11-17/h12-14,16H,3-11H2,1-2H3. The highest BCUT2D eigenvalue weighted by Crippen LogP contribution is 2.36. The summed E-state index contributed by atoms with van der Waals surface area (Å²) in [5, 5.41) is 3.28. The summed E-state index contributed by atoms with van der Waals surface area (Å²) in [6.07, 6.45) is 6.77. The van der Waals surface area contributed by atoms with E-state index in [0.29, 0.717) is 5.91 Å². The monoisotopic (exact) mass is 252 g/mol. The van der Waals surface area contributed by atoms with E-state index in [9.17, 15) is 4.79 Å². The molecular formula is C15H28N2O. The molecule has 1 saturated heterocycles. The molecule has 0 spiro atoms. The molecule has 2 fully saturated rings. The van der Waals surface area contributed by atoms with Gasteiger partial charge in [-0.25, -0.2) is 0 Å². The molecule has 0 radical (unpaired) electrons. The Balaban J connectivity index is 1.84. The predicted octanol–water partition coefficient (Wildman–Crippen LogP) is 2.27. The molecule has 0 aromatic heterocycles. The summed E-state index contributed by atoms with van der Waals surface area (Å²) in [5.74, 6) is 2.19. The maximum atomic E-state index is 12.4. The number of likely N-dealkylation sites (tertiary alicyclic amines) is 1. The van der Waals surface area contributed by atoms with Gasteiger partial charge in [0.25, 0.3) is 0 Å². The van der Waals surface area contributed by atoms with Gasteiger partial charge in [-0.2, -0.15) is 0 Å². The second-order valence-corrected chi connectivity index (χ2v) is 6.09. The number of piperidine rings is 1. The van der Waals surface area contributed by atoms with Gasteiger partial charge in [-0.05, 0) is 31.2 Å². The molecule has 3 atom stereocenters. The zero-order valence-corrected chi connectivity index (χ0v) is 12.0. The highest BCUT2D eigenvalue weighted by Gasteiger charge is 2.33. The lowest BCUT2D eigenvalue weighted by molar-refractivity contribution is -0.138. The molecule has 18 heavy (non-hydrogen) atoms. The summed E-state index contributed by atoms with van der Waals surface area (Å²) in [6.45, 7) is 7.93. The van der Waals surface area contributed by atoms with Crippen LogP contribution in [0.25, 0.3) is 0 Å². The molecule has 3 unspecified atom stereocenters. The molecule has 3 heteroatoms. The van der Waals surface area contributed by atoms with Gasteiger partial charge in [-0.15, -0.1) is 0 Å². The van der Waals surface area contributed by atoms with Crippen molar-refractivity contribution >= 4 is 5.91 Å². The lowest BCUT2D eigenvalue weighted by Gasteiger charge is -2.42. The second-order valence-electron chi connectivity index (χ2n) is 6.09. The Hall–Kier alpha value is -0.570. The SMILES string of the molecule is CCNCC(C)C(=O)N1CCC2CCCCC2C1. The first-order valence-electron chi connectivity index (χ1n) is 7.72. The van der Waals surface area contributed by atoms with Crippen LogP contribution in [0.4, 0.5) is 0 Å². The smallest absolute Gasteiger partial charge is 0.226 e. The Kier molecular flexibility index (Phi) is 5.04. The van der Waals surface area contributed by atoms with Crippen LogP contribution < -0.4 is 5.32 Å². The van der Waals surface area contributed by atoms with E-state index in [0.717, 1.165) is 38.0 Å². The average molecular weight is 252 g/mol. The summed E-state index contributed by atoms with van der Waals surface area (Å²) in [5.41, 5.74) is 0. The minimum Gasteiger partial charge on any atom is -0.342 e. The fourth-order valence-electron chi connectivity index (χ4n) is 3.56. The van der Waals surface area contributed by atoms with Crippen LogP contribution in [-0.2, 0) is 4.79 Å². The lowest BCUT2D eigenvalue weighted by atomic mass is 9.75. The van der Waals surface area contributed by atoms with Crippen molar-refractivity contribution < 1.29 is 4.79 Å². The Morgan fingerprint density at radius 3 is 2.72 bits per heavy atom. The number of fused-ring (bicyclic) bond motifs is 1. The van der Waals surface area contributed by atoms with E-state index >= 15 is 0 Å². The van der Waals surface area contributed by atoms with E-state index in [1.165, 1.54) is 32.1 Å². The van der Waals surface area contributed by atoms with E-state index in [-0.39, 0.29) is 5.92 Å². The van der Waals surface area contributed by atoms with Gasteiger partial charge >= 0.3 is 0 Å². The third-order valence-corrected chi connectivity index (χ3v) is 4.72. The maximum absolute atomic E-state index is 12.4. The normalized spacial score (nSPS) is 29.8. The van der Waals surface area contributed by atoms with E-state index < -0.39 is 0 Å². The van der Waals surface area contributed by atoms with Crippen molar-refractivity contribution in [1.82, 2.24) is 10.2 Å². The maximum Gasteiger partial charge on any atom is 0.226 e. The van der Waals surface area contributed by atoms with Crippen molar-refractivity contribution in [3.05, 3.63) is 0 Å². The van der Waals surface area contributed by atoms with Gasteiger partial charge in [0.05, 0.1) is 0 Å². The fraction of sp³-hybridized carbons (Fsp3) is 0.933. The van der Waals surface area contributed by atoms with Crippen molar-refractivity contribution in [2.45, 2.75) is 46.0 Å². The summed E-state index contributed by atoms with van der Waals surface area (Å²) in [7, 11) is 0. The van der Waals surface area contributed by atoms with Crippen molar-refractivity contribution in [3.63, 3.8) is 0 Å². The fourth-order valence-corrected chi connectivity index (χ4v) is 3.56. The van der Waals surface area contributed by atoms with Crippen molar-refractivity contribution in [2.75, 3.05) is 26.2 Å². The predicted molar refractivity (Wildman–Crippen MR) is 74.4 cm³/mol. The summed E-state index contributed by atoms with van der Waals surface area (Å²) in [6, 6.07) is 0. The van der Waals surface area contributed by atoms with E-state index in [1.807, 2.05) is 0 Å². The Bertz CT molecular complexity index is 280. The van der Waals surface area contributed by atoms with Gasteiger partial charge in [0.15, 0.2) is 0 Å². The highest BCUT2D eigenvalue weighted by molar-refractivity contribution is 5.78. The molecule has 1 heterocycles. The molecular weight excluding hydrogens is 224 g/mol. The molecule has 0 aromatic rings. The van der Waals surface area contributed by atoms with Gasteiger partial charge in [0.2, 0.25) is 5.91 Å². The number of rotatable bonds is 4. The first-order valence-corrected chi connectivity index (χ1v) is 7.72.